The van der Waals surface area contributed by atoms with Crippen molar-refractivity contribution in [3.63, 3.8) is 0 Å². The minimum atomic E-state index is -0.265. The van der Waals surface area contributed by atoms with E-state index in [1.807, 2.05) is 91.9 Å². The zero-order chi connectivity index (χ0) is 24.0. The Morgan fingerprint density at radius 2 is 1.80 bits per heavy atom. The van der Waals surface area contributed by atoms with E-state index in [1.54, 1.807) is 12.3 Å². The van der Waals surface area contributed by atoms with Gasteiger partial charge in [0.25, 0.3) is 0 Å². The molecule has 0 bridgehead atoms. The third-order valence-electron chi connectivity index (χ3n) is 5.55. The predicted octanol–water partition coefficient (Wildman–Crippen LogP) is 8.24. The molecule has 1 atom stereocenters. The first kappa shape index (κ1) is 22.1. The van der Waals surface area contributed by atoms with Crippen LogP contribution in [0.15, 0.2) is 107 Å². The Morgan fingerprint density at radius 3 is 2.60 bits per heavy atom. The molecule has 0 aliphatic heterocycles. The van der Waals surface area contributed by atoms with Gasteiger partial charge in [-0.1, -0.05) is 60.6 Å². The zero-order valence-corrected chi connectivity index (χ0v) is 19.0. The van der Waals surface area contributed by atoms with Crippen LogP contribution in [0.3, 0.4) is 0 Å². The van der Waals surface area contributed by atoms with Crippen molar-refractivity contribution in [3.8, 4) is 28.7 Å². The van der Waals surface area contributed by atoms with Crippen LogP contribution in [0.4, 0.5) is 0 Å². The van der Waals surface area contributed by atoms with E-state index in [9.17, 15) is 0 Å². The lowest BCUT2D eigenvalue weighted by Crippen LogP contribution is -1.95. The lowest BCUT2D eigenvalue weighted by Gasteiger charge is -2.09. The maximum absolute atomic E-state index is 8.67. The molecule has 35 heavy (non-hydrogen) atoms. The lowest BCUT2D eigenvalue weighted by molar-refractivity contribution is 0.304. The van der Waals surface area contributed by atoms with Crippen LogP contribution in [-0.2, 0) is 6.61 Å². The zero-order valence-electron chi connectivity index (χ0n) is 19.0. The van der Waals surface area contributed by atoms with Gasteiger partial charge in [0.15, 0.2) is 0 Å². The Labute approximate surface area is 202 Å². The summed E-state index contributed by atoms with van der Waals surface area (Å²) < 4.78 is 17.8. The number of aromatic nitrogens is 1. The molecule has 0 radical (unpaired) electrons. The molecule has 7 heteroatoms. The highest BCUT2D eigenvalue weighted by atomic mass is 16.5. The molecule has 2 heterocycles. The van der Waals surface area contributed by atoms with Gasteiger partial charge in [0, 0.05) is 34.2 Å². The first-order valence-corrected chi connectivity index (χ1v) is 11.2. The molecule has 0 amide bonds. The largest absolute Gasteiger partial charge is 0.489 e. The molecule has 7 nitrogen and oxygen atoms in total. The SMILES string of the molecule is CC(N=[N+]=[N-])c1ccc2cc(-c3ccc(Oc4cccc(OCc5ccccc5)c4)nc3)oc2c1. The number of nitrogens with zero attached hydrogens (tertiary/aromatic N) is 4. The quantitative estimate of drug-likeness (QED) is 0.132. The molecule has 0 N–H and O–H groups in total. The summed E-state index contributed by atoms with van der Waals surface area (Å²) in [5.74, 6) is 2.53. The highest BCUT2D eigenvalue weighted by Crippen LogP contribution is 2.31. The average Bonchev–Trinajstić information content (AvgIpc) is 3.32. The Balaban J connectivity index is 1.28. The highest BCUT2D eigenvalue weighted by molar-refractivity contribution is 5.83. The Morgan fingerprint density at radius 1 is 0.943 bits per heavy atom. The molecule has 0 aliphatic carbocycles. The number of azide groups is 1. The van der Waals surface area contributed by atoms with Crippen molar-refractivity contribution in [3.05, 3.63) is 119 Å². The average molecular weight is 463 g/mol. The van der Waals surface area contributed by atoms with Gasteiger partial charge in [-0.05, 0) is 47.0 Å². The lowest BCUT2D eigenvalue weighted by atomic mass is 10.1. The number of hydrogen-bond acceptors (Lipinski definition) is 5. The summed E-state index contributed by atoms with van der Waals surface area (Å²) >= 11 is 0. The molecule has 0 fully saturated rings. The van der Waals surface area contributed by atoms with Crippen LogP contribution in [0.2, 0.25) is 0 Å². The summed E-state index contributed by atoms with van der Waals surface area (Å²) in [5.41, 5.74) is 12.2. The van der Waals surface area contributed by atoms with Gasteiger partial charge < -0.3 is 13.9 Å². The third kappa shape index (κ3) is 5.27. The number of benzene rings is 3. The van der Waals surface area contributed by atoms with Crippen molar-refractivity contribution in [2.24, 2.45) is 5.11 Å². The Kier molecular flexibility index (Phi) is 6.33. The van der Waals surface area contributed by atoms with Crippen LogP contribution in [0.1, 0.15) is 24.1 Å². The normalized spacial score (nSPS) is 11.6. The second-order valence-electron chi connectivity index (χ2n) is 8.03. The van der Waals surface area contributed by atoms with Gasteiger partial charge in [-0.2, -0.15) is 0 Å². The number of furan rings is 1. The fourth-order valence-corrected chi connectivity index (χ4v) is 3.67. The first-order valence-electron chi connectivity index (χ1n) is 11.2. The maximum Gasteiger partial charge on any atom is 0.219 e. The van der Waals surface area contributed by atoms with Crippen molar-refractivity contribution in [2.75, 3.05) is 0 Å². The molecule has 5 aromatic rings. The van der Waals surface area contributed by atoms with Gasteiger partial charge in [-0.25, -0.2) is 4.98 Å². The predicted molar refractivity (Wildman–Crippen MR) is 134 cm³/mol. The van der Waals surface area contributed by atoms with Gasteiger partial charge in [0.1, 0.15) is 29.4 Å². The van der Waals surface area contributed by atoms with E-state index in [2.05, 4.69) is 15.0 Å². The summed E-state index contributed by atoms with van der Waals surface area (Å²) in [6.45, 7) is 2.33. The number of fused-ring (bicyclic) bond motifs is 1. The summed E-state index contributed by atoms with van der Waals surface area (Å²) in [4.78, 5) is 7.31. The third-order valence-corrected chi connectivity index (χ3v) is 5.55. The van der Waals surface area contributed by atoms with Gasteiger partial charge in [-0.15, -0.1) is 0 Å². The molecule has 3 aromatic carbocycles. The molecule has 0 aliphatic rings. The number of pyridine rings is 1. The minimum absolute atomic E-state index is 0.265. The van der Waals surface area contributed by atoms with E-state index in [-0.39, 0.29) is 6.04 Å². The van der Waals surface area contributed by atoms with Crippen LogP contribution in [-0.4, -0.2) is 4.98 Å². The van der Waals surface area contributed by atoms with Gasteiger partial charge in [-0.3, -0.25) is 0 Å². The van der Waals surface area contributed by atoms with Gasteiger partial charge in [0.05, 0.1) is 6.04 Å². The van der Waals surface area contributed by atoms with E-state index in [1.165, 1.54) is 0 Å². The van der Waals surface area contributed by atoms with E-state index < -0.39 is 0 Å². The summed E-state index contributed by atoms with van der Waals surface area (Å²) in [5, 5.41) is 4.71. The number of ether oxygens (including phenoxy) is 2. The summed E-state index contributed by atoms with van der Waals surface area (Å²) in [7, 11) is 0. The van der Waals surface area contributed by atoms with Crippen molar-refractivity contribution >= 4 is 11.0 Å². The first-order chi connectivity index (χ1) is 17.2. The standard InChI is InChI=1S/C28H22N4O3/c1-19(31-32-29)21-10-11-22-15-27(35-26(22)14-21)23-12-13-28(30-17-23)34-25-9-5-8-24(16-25)33-18-20-6-3-2-4-7-20/h2-17,19H,18H2,1H3. The molecule has 5 rings (SSSR count). The van der Waals surface area contributed by atoms with Gasteiger partial charge >= 0.3 is 0 Å². The monoisotopic (exact) mass is 462 g/mol. The molecular formula is C28H22N4O3. The second kappa shape index (κ2) is 10.0. The minimum Gasteiger partial charge on any atom is -0.489 e. The number of hydrogen-bond donors (Lipinski definition) is 0. The van der Waals surface area contributed by atoms with E-state index >= 15 is 0 Å². The fraction of sp³-hybridized carbons (Fsp3) is 0.107. The molecule has 0 saturated heterocycles. The Hall–Kier alpha value is -4.74. The number of rotatable bonds is 8. The van der Waals surface area contributed by atoms with Crippen LogP contribution in [0.5, 0.6) is 17.4 Å². The van der Waals surface area contributed by atoms with Gasteiger partial charge in [0.2, 0.25) is 5.88 Å². The molecule has 172 valence electrons. The fourth-order valence-electron chi connectivity index (χ4n) is 3.67. The van der Waals surface area contributed by atoms with E-state index in [0.717, 1.165) is 33.4 Å². The summed E-state index contributed by atoms with van der Waals surface area (Å²) in [6.07, 6.45) is 1.71. The summed E-state index contributed by atoms with van der Waals surface area (Å²) in [6, 6.07) is 28.7. The van der Waals surface area contributed by atoms with E-state index in [0.29, 0.717) is 24.0 Å². The molecule has 2 aromatic heterocycles. The van der Waals surface area contributed by atoms with Crippen LogP contribution in [0, 0.1) is 0 Å². The molecule has 1 unspecified atom stereocenters. The van der Waals surface area contributed by atoms with Crippen LogP contribution >= 0.6 is 0 Å². The smallest absolute Gasteiger partial charge is 0.219 e. The second-order valence-corrected chi connectivity index (χ2v) is 8.03. The Bertz CT molecular complexity index is 1490. The van der Waals surface area contributed by atoms with Crippen LogP contribution in [0.25, 0.3) is 32.7 Å². The topological polar surface area (TPSA) is 93.3 Å². The van der Waals surface area contributed by atoms with Crippen molar-refractivity contribution < 1.29 is 13.9 Å². The van der Waals surface area contributed by atoms with Crippen LogP contribution < -0.4 is 9.47 Å². The molecular weight excluding hydrogens is 440 g/mol. The maximum atomic E-state index is 8.67. The van der Waals surface area contributed by atoms with Crippen molar-refractivity contribution in [2.45, 2.75) is 19.6 Å². The van der Waals surface area contributed by atoms with Crippen molar-refractivity contribution in [1.29, 1.82) is 0 Å². The van der Waals surface area contributed by atoms with E-state index in [4.69, 9.17) is 19.4 Å². The van der Waals surface area contributed by atoms with Crippen molar-refractivity contribution in [1.82, 2.24) is 4.98 Å². The molecule has 0 saturated carbocycles. The molecule has 0 spiro atoms. The highest BCUT2D eigenvalue weighted by Gasteiger charge is 2.11.